The first-order valence-corrected chi connectivity index (χ1v) is 9.53. The molecule has 2 aromatic carbocycles. The van der Waals surface area contributed by atoms with E-state index in [4.69, 9.17) is 11.6 Å². The molecule has 0 spiro atoms. The summed E-state index contributed by atoms with van der Waals surface area (Å²) in [6.07, 6.45) is 0. The molecule has 2 rings (SSSR count). The van der Waals surface area contributed by atoms with Gasteiger partial charge in [-0.05, 0) is 59.0 Å². The number of anilines is 1. The quantitative estimate of drug-likeness (QED) is 0.718. The number of hydrogen-bond acceptors (Lipinski definition) is 3. The van der Waals surface area contributed by atoms with Crippen molar-refractivity contribution in [3.8, 4) is 0 Å². The zero-order chi connectivity index (χ0) is 16.3. The van der Waals surface area contributed by atoms with E-state index in [2.05, 4.69) is 5.32 Å². The van der Waals surface area contributed by atoms with E-state index in [1.165, 1.54) is 12.1 Å². The topological polar surface area (TPSA) is 63.2 Å². The molecule has 116 valence electrons. The largest absolute Gasteiger partial charge is 0.322 e. The van der Waals surface area contributed by atoms with Gasteiger partial charge in [0.25, 0.3) is 5.91 Å². The molecule has 1 amide bonds. The summed E-state index contributed by atoms with van der Waals surface area (Å²) < 4.78 is 24.5. The van der Waals surface area contributed by atoms with Gasteiger partial charge in [-0.25, -0.2) is 8.42 Å². The van der Waals surface area contributed by atoms with Crippen LogP contribution in [0.2, 0.25) is 5.02 Å². The number of rotatable bonds is 4. The van der Waals surface area contributed by atoms with Gasteiger partial charge in [0.15, 0.2) is 9.84 Å². The Kier molecular flexibility index (Phi) is 5.46. The Morgan fingerprint density at radius 3 is 2.64 bits per heavy atom. The van der Waals surface area contributed by atoms with Crippen molar-refractivity contribution in [1.82, 2.24) is 0 Å². The van der Waals surface area contributed by atoms with E-state index in [-0.39, 0.29) is 16.6 Å². The molecule has 22 heavy (non-hydrogen) atoms. The molecule has 0 heterocycles. The molecule has 0 aliphatic rings. The van der Waals surface area contributed by atoms with Gasteiger partial charge in [-0.15, -0.1) is 0 Å². The second kappa shape index (κ2) is 6.97. The van der Waals surface area contributed by atoms with Gasteiger partial charge in [-0.2, -0.15) is 0 Å². The van der Waals surface area contributed by atoms with E-state index in [1.807, 2.05) is 22.6 Å². The lowest BCUT2D eigenvalue weighted by molar-refractivity contribution is 0.102. The Morgan fingerprint density at radius 1 is 1.23 bits per heavy atom. The van der Waals surface area contributed by atoms with Gasteiger partial charge in [-0.3, -0.25) is 4.79 Å². The maximum Gasteiger partial charge on any atom is 0.256 e. The molecule has 0 fully saturated rings. The highest BCUT2D eigenvalue weighted by atomic mass is 127. The molecule has 0 aliphatic heterocycles. The third-order valence-corrected chi connectivity index (χ3v) is 5.91. The number of carbonyl (C=O) groups excluding carboxylic acids is 1. The Labute approximate surface area is 147 Å². The summed E-state index contributed by atoms with van der Waals surface area (Å²) in [5, 5.41) is 3.16. The number of amides is 1. The smallest absolute Gasteiger partial charge is 0.256 e. The molecular weight excluding hydrogens is 437 g/mol. The van der Waals surface area contributed by atoms with Crippen molar-refractivity contribution in [2.75, 3.05) is 11.1 Å². The van der Waals surface area contributed by atoms with Crippen LogP contribution in [0.4, 0.5) is 5.69 Å². The third-order valence-electron chi connectivity index (χ3n) is 3.00. The SMILES string of the molecule is CCS(=O)(=O)c1cccc(NC(=O)c2cc(Cl)ccc2I)c1. The minimum atomic E-state index is -3.31. The molecule has 7 heteroatoms. The van der Waals surface area contributed by atoms with E-state index in [9.17, 15) is 13.2 Å². The molecule has 0 unspecified atom stereocenters. The van der Waals surface area contributed by atoms with Crippen LogP contribution >= 0.6 is 34.2 Å². The van der Waals surface area contributed by atoms with Crippen LogP contribution in [-0.4, -0.2) is 20.1 Å². The number of sulfone groups is 1. The third kappa shape index (κ3) is 3.99. The van der Waals surface area contributed by atoms with Crippen LogP contribution in [0.15, 0.2) is 47.4 Å². The molecule has 0 aliphatic carbocycles. The fraction of sp³-hybridized carbons (Fsp3) is 0.133. The van der Waals surface area contributed by atoms with Gasteiger partial charge < -0.3 is 5.32 Å². The van der Waals surface area contributed by atoms with Crippen molar-refractivity contribution in [3.63, 3.8) is 0 Å². The molecule has 2 aromatic rings. The number of halogens is 2. The normalized spacial score (nSPS) is 11.2. The van der Waals surface area contributed by atoms with Crippen LogP contribution in [0.3, 0.4) is 0 Å². The summed E-state index contributed by atoms with van der Waals surface area (Å²) in [4.78, 5) is 12.5. The van der Waals surface area contributed by atoms with Gasteiger partial charge >= 0.3 is 0 Å². The Morgan fingerprint density at radius 2 is 1.95 bits per heavy atom. The predicted molar refractivity (Wildman–Crippen MR) is 96.3 cm³/mol. The minimum Gasteiger partial charge on any atom is -0.322 e. The highest BCUT2D eigenvalue weighted by Gasteiger charge is 2.14. The number of carbonyl (C=O) groups is 1. The molecule has 0 saturated carbocycles. The number of hydrogen-bond donors (Lipinski definition) is 1. The molecule has 0 atom stereocenters. The summed E-state index contributed by atoms with van der Waals surface area (Å²) in [6.45, 7) is 1.58. The monoisotopic (exact) mass is 449 g/mol. The Bertz CT molecular complexity index is 821. The second-order valence-electron chi connectivity index (χ2n) is 4.51. The predicted octanol–water partition coefficient (Wildman–Crippen LogP) is 3.99. The highest BCUT2D eigenvalue weighted by Crippen LogP contribution is 2.21. The average Bonchev–Trinajstić information content (AvgIpc) is 2.50. The maximum atomic E-state index is 12.3. The fourth-order valence-electron chi connectivity index (χ4n) is 1.80. The van der Waals surface area contributed by atoms with Gasteiger partial charge in [0, 0.05) is 14.3 Å². The molecular formula is C15H13ClINO3S. The second-order valence-corrected chi connectivity index (χ2v) is 8.39. The lowest BCUT2D eigenvalue weighted by Crippen LogP contribution is -2.14. The van der Waals surface area contributed by atoms with Crippen LogP contribution in [0.25, 0.3) is 0 Å². The van der Waals surface area contributed by atoms with Gasteiger partial charge in [0.1, 0.15) is 0 Å². The molecule has 1 N–H and O–H groups in total. The zero-order valence-electron chi connectivity index (χ0n) is 11.6. The summed E-state index contributed by atoms with van der Waals surface area (Å²) in [5.74, 6) is -0.325. The standard InChI is InChI=1S/C15H13ClINO3S/c1-2-22(20,21)12-5-3-4-11(9-12)18-15(19)13-8-10(16)6-7-14(13)17/h3-9H,2H2,1H3,(H,18,19). The van der Waals surface area contributed by atoms with Crippen molar-refractivity contribution >= 4 is 55.6 Å². The fourth-order valence-corrected chi connectivity index (χ4v) is 3.48. The lowest BCUT2D eigenvalue weighted by atomic mass is 10.2. The summed E-state index contributed by atoms with van der Waals surface area (Å²) in [7, 11) is -3.31. The van der Waals surface area contributed by atoms with Gasteiger partial charge in [0.2, 0.25) is 0 Å². The molecule has 4 nitrogen and oxygen atoms in total. The summed E-state index contributed by atoms with van der Waals surface area (Å²) in [6, 6.07) is 11.2. The minimum absolute atomic E-state index is 0.0105. The molecule has 0 bridgehead atoms. The van der Waals surface area contributed by atoms with Crippen molar-refractivity contribution in [3.05, 3.63) is 56.6 Å². The average molecular weight is 450 g/mol. The van der Waals surface area contributed by atoms with Crippen molar-refractivity contribution in [1.29, 1.82) is 0 Å². The molecule has 0 aromatic heterocycles. The van der Waals surface area contributed by atoms with E-state index >= 15 is 0 Å². The van der Waals surface area contributed by atoms with Crippen molar-refractivity contribution < 1.29 is 13.2 Å². The Hall–Kier alpha value is -1.12. The van der Waals surface area contributed by atoms with E-state index in [0.717, 1.165) is 3.57 Å². The Balaban J connectivity index is 2.30. The summed E-state index contributed by atoms with van der Waals surface area (Å²) in [5.41, 5.74) is 0.868. The first-order valence-electron chi connectivity index (χ1n) is 6.42. The van der Waals surface area contributed by atoms with Crippen LogP contribution in [0.1, 0.15) is 17.3 Å². The van der Waals surface area contributed by atoms with Gasteiger partial charge in [0.05, 0.1) is 16.2 Å². The van der Waals surface area contributed by atoms with Crippen LogP contribution in [0, 0.1) is 3.57 Å². The zero-order valence-corrected chi connectivity index (χ0v) is 15.4. The van der Waals surface area contributed by atoms with E-state index in [1.54, 1.807) is 37.3 Å². The van der Waals surface area contributed by atoms with Gasteiger partial charge in [-0.1, -0.05) is 24.6 Å². The van der Waals surface area contributed by atoms with Crippen LogP contribution in [-0.2, 0) is 9.84 Å². The highest BCUT2D eigenvalue weighted by molar-refractivity contribution is 14.1. The lowest BCUT2D eigenvalue weighted by Gasteiger charge is -2.09. The molecule has 0 radical (unpaired) electrons. The van der Waals surface area contributed by atoms with E-state index < -0.39 is 9.84 Å². The molecule has 0 saturated heterocycles. The first kappa shape index (κ1) is 17.2. The maximum absolute atomic E-state index is 12.3. The van der Waals surface area contributed by atoms with E-state index in [0.29, 0.717) is 16.3 Å². The van der Waals surface area contributed by atoms with Crippen LogP contribution in [0.5, 0.6) is 0 Å². The van der Waals surface area contributed by atoms with Crippen molar-refractivity contribution in [2.24, 2.45) is 0 Å². The van der Waals surface area contributed by atoms with Crippen LogP contribution < -0.4 is 5.32 Å². The summed E-state index contributed by atoms with van der Waals surface area (Å²) >= 11 is 7.95. The number of nitrogens with one attached hydrogen (secondary N) is 1. The first-order chi connectivity index (χ1) is 10.3. The number of benzene rings is 2. The van der Waals surface area contributed by atoms with Crippen molar-refractivity contribution in [2.45, 2.75) is 11.8 Å².